The SMILES string of the molecule is Cc1nc(C(=O)NCc2ccco2)cc(N2CCN(c3ccccc3)CC2)n1. The number of nitrogens with zero attached hydrogens (tertiary/aromatic N) is 4. The number of amides is 1. The highest BCUT2D eigenvalue weighted by Crippen LogP contribution is 2.19. The van der Waals surface area contributed by atoms with Gasteiger partial charge in [-0.05, 0) is 31.2 Å². The summed E-state index contributed by atoms with van der Waals surface area (Å²) < 4.78 is 5.25. The minimum absolute atomic E-state index is 0.230. The maximum absolute atomic E-state index is 12.5. The van der Waals surface area contributed by atoms with E-state index in [4.69, 9.17) is 4.42 Å². The molecule has 3 heterocycles. The topological polar surface area (TPSA) is 74.5 Å². The van der Waals surface area contributed by atoms with Crippen LogP contribution >= 0.6 is 0 Å². The third-order valence-electron chi connectivity index (χ3n) is 4.79. The number of furan rings is 1. The van der Waals surface area contributed by atoms with Crippen molar-refractivity contribution < 1.29 is 9.21 Å². The highest BCUT2D eigenvalue weighted by atomic mass is 16.3. The van der Waals surface area contributed by atoms with E-state index in [1.165, 1.54) is 5.69 Å². The first-order chi connectivity index (χ1) is 13.7. The van der Waals surface area contributed by atoms with Gasteiger partial charge in [0.05, 0.1) is 12.8 Å². The molecule has 144 valence electrons. The summed E-state index contributed by atoms with van der Waals surface area (Å²) in [6.07, 6.45) is 1.59. The van der Waals surface area contributed by atoms with Gasteiger partial charge in [0.25, 0.3) is 5.91 Å². The number of para-hydroxylation sites is 1. The van der Waals surface area contributed by atoms with Gasteiger partial charge in [0.2, 0.25) is 0 Å². The Balaban J connectivity index is 1.42. The molecule has 7 heteroatoms. The predicted molar refractivity (Wildman–Crippen MR) is 108 cm³/mol. The van der Waals surface area contributed by atoms with Crippen LogP contribution in [-0.2, 0) is 6.54 Å². The molecule has 1 saturated heterocycles. The monoisotopic (exact) mass is 377 g/mol. The fourth-order valence-electron chi connectivity index (χ4n) is 3.33. The number of hydrogen-bond acceptors (Lipinski definition) is 6. The molecule has 1 aliphatic heterocycles. The van der Waals surface area contributed by atoms with Crippen molar-refractivity contribution in [3.8, 4) is 0 Å². The number of aryl methyl sites for hydroxylation is 1. The zero-order valence-electron chi connectivity index (χ0n) is 15.8. The van der Waals surface area contributed by atoms with Gasteiger partial charge < -0.3 is 19.5 Å². The number of aromatic nitrogens is 2. The maximum Gasteiger partial charge on any atom is 0.270 e. The van der Waals surface area contributed by atoms with Gasteiger partial charge in [-0.3, -0.25) is 4.79 Å². The van der Waals surface area contributed by atoms with E-state index in [0.29, 0.717) is 23.8 Å². The summed E-state index contributed by atoms with van der Waals surface area (Å²) in [5.74, 6) is 1.86. The van der Waals surface area contributed by atoms with Crippen molar-refractivity contribution in [2.45, 2.75) is 13.5 Å². The lowest BCUT2D eigenvalue weighted by Gasteiger charge is -2.36. The molecule has 0 bridgehead atoms. The zero-order chi connectivity index (χ0) is 19.3. The molecule has 1 N–H and O–H groups in total. The van der Waals surface area contributed by atoms with E-state index in [2.05, 4.69) is 49.4 Å². The highest BCUT2D eigenvalue weighted by molar-refractivity contribution is 5.92. The molecule has 1 fully saturated rings. The Bertz CT molecular complexity index is 919. The Morgan fingerprint density at radius 3 is 2.50 bits per heavy atom. The second-order valence-corrected chi connectivity index (χ2v) is 6.73. The van der Waals surface area contributed by atoms with Crippen molar-refractivity contribution in [1.82, 2.24) is 15.3 Å². The van der Waals surface area contributed by atoms with Gasteiger partial charge in [0, 0.05) is 37.9 Å². The van der Waals surface area contributed by atoms with E-state index >= 15 is 0 Å². The normalized spacial score (nSPS) is 14.2. The van der Waals surface area contributed by atoms with Crippen LogP contribution in [0.3, 0.4) is 0 Å². The number of carbonyl (C=O) groups excluding carboxylic acids is 1. The molecular formula is C21H23N5O2. The molecule has 28 heavy (non-hydrogen) atoms. The molecule has 1 amide bonds. The van der Waals surface area contributed by atoms with Crippen molar-refractivity contribution in [2.75, 3.05) is 36.0 Å². The van der Waals surface area contributed by atoms with E-state index in [0.717, 1.165) is 32.0 Å². The molecule has 7 nitrogen and oxygen atoms in total. The Morgan fingerprint density at radius 2 is 1.79 bits per heavy atom. The average molecular weight is 377 g/mol. The number of anilines is 2. The predicted octanol–water partition coefficient (Wildman–Crippen LogP) is 2.63. The molecule has 4 rings (SSSR count). The fraction of sp³-hybridized carbons (Fsp3) is 0.286. The summed E-state index contributed by atoms with van der Waals surface area (Å²) in [6, 6.07) is 15.8. The fourth-order valence-corrected chi connectivity index (χ4v) is 3.33. The molecule has 0 unspecified atom stereocenters. The van der Waals surface area contributed by atoms with Crippen molar-refractivity contribution in [3.63, 3.8) is 0 Å². The molecule has 0 radical (unpaired) electrons. The van der Waals surface area contributed by atoms with E-state index in [1.807, 2.05) is 19.1 Å². The second-order valence-electron chi connectivity index (χ2n) is 6.73. The van der Waals surface area contributed by atoms with Crippen LogP contribution < -0.4 is 15.1 Å². The summed E-state index contributed by atoms with van der Waals surface area (Å²) >= 11 is 0. The summed E-state index contributed by atoms with van der Waals surface area (Å²) in [5.41, 5.74) is 1.61. The smallest absolute Gasteiger partial charge is 0.270 e. The Morgan fingerprint density at radius 1 is 1.04 bits per heavy atom. The lowest BCUT2D eigenvalue weighted by Crippen LogP contribution is -2.47. The third kappa shape index (κ3) is 4.14. The Hall–Kier alpha value is -3.35. The molecule has 2 aromatic heterocycles. The number of rotatable bonds is 5. The summed E-state index contributed by atoms with van der Waals surface area (Å²) in [5, 5.41) is 2.84. The molecule has 0 aliphatic carbocycles. The van der Waals surface area contributed by atoms with Crippen LogP contribution in [0, 0.1) is 6.92 Å². The third-order valence-corrected chi connectivity index (χ3v) is 4.79. The number of nitrogens with one attached hydrogen (secondary N) is 1. The molecule has 0 saturated carbocycles. The van der Waals surface area contributed by atoms with Crippen molar-refractivity contribution in [1.29, 1.82) is 0 Å². The lowest BCUT2D eigenvalue weighted by molar-refractivity contribution is 0.0942. The first kappa shape index (κ1) is 18.0. The zero-order valence-corrected chi connectivity index (χ0v) is 15.8. The van der Waals surface area contributed by atoms with E-state index in [1.54, 1.807) is 18.4 Å². The van der Waals surface area contributed by atoms with Crippen LogP contribution in [0.25, 0.3) is 0 Å². The van der Waals surface area contributed by atoms with Gasteiger partial charge >= 0.3 is 0 Å². The van der Waals surface area contributed by atoms with E-state index in [9.17, 15) is 4.79 Å². The van der Waals surface area contributed by atoms with E-state index in [-0.39, 0.29) is 5.91 Å². The van der Waals surface area contributed by atoms with Gasteiger partial charge in [0.1, 0.15) is 23.1 Å². The molecular weight excluding hydrogens is 354 g/mol. The number of piperazine rings is 1. The first-order valence-corrected chi connectivity index (χ1v) is 9.40. The van der Waals surface area contributed by atoms with Crippen LogP contribution in [0.15, 0.2) is 59.2 Å². The number of hydrogen-bond donors (Lipinski definition) is 1. The second kappa shape index (κ2) is 8.12. The van der Waals surface area contributed by atoms with Crippen LogP contribution in [0.1, 0.15) is 22.1 Å². The van der Waals surface area contributed by atoms with Gasteiger partial charge in [-0.2, -0.15) is 0 Å². The first-order valence-electron chi connectivity index (χ1n) is 9.40. The standard InChI is InChI=1S/C21H23N5O2/c1-16-23-19(21(27)22-15-18-8-5-13-28-18)14-20(24-16)26-11-9-25(10-12-26)17-6-3-2-4-7-17/h2-8,13-14H,9-12,15H2,1H3,(H,22,27). The Kier molecular flexibility index (Phi) is 5.23. The van der Waals surface area contributed by atoms with Crippen LogP contribution in [-0.4, -0.2) is 42.1 Å². The summed E-state index contributed by atoms with van der Waals surface area (Å²) in [7, 11) is 0. The molecule has 0 atom stereocenters. The molecule has 1 aliphatic rings. The van der Waals surface area contributed by atoms with Gasteiger partial charge in [-0.25, -0.2) is 9.97 Å². The van der Waals surface area contributed by atoms with Gasteiger partial charge in [0.15, 0.2) is 0 Å². The minimum Gasteiger partial charge on any atom is -0.467 e. The number of carbonyl (C=O) groups is 1. The van der Waals surface area contributed by atoms with Crippen LogP contribution in [0.4, 0.5) is 11.5 Å². The molecule has 3 aromatic rings. The highest BCUT2D eigenvalue weighted by Gasteiger charge is 2.20. The Labute approximate surface area is 164 Å². The lowest BCUT2D eigenvalue weighted by atomic mass is 10.2. The van der Waals surface area contributed by atoms with Gasteiger partial charge in [-0.15, -0.1) is 0 Å². The largest absolute Gasteiger partial charge is 0.467 e. The van der Waals surface area contributed by atoms with Crippen LogP contribution in [0.2, 0.25) is 0 Å². The van der Waals surface area contributed by atoms with Crippen molar-refractivity contribution in [2.24, 2.45) is 0 Å². The average Bonchev–Trinajstić information content (AvgIpc) is 3.26. The number of benzene rings is 1. The summed E-state index contributed by atoms with van der Waals surface area (Å²) in [4.78, 5) is 25.9. The van der Waals surface area contributed by atoms with Crippen molar-refractivity contribution >= 4 is 17.4 Å². The van der Waals surface area contributed by atoms with E-state index < -0.39 is 0 Å². The summed E-state index contributed by atoms with van der Waals surface area (Å²) in [6.45, 7) is 5.66. The van der Waals surface area contributed by atoms with Gasteiger partial charge in [-0.1, -0.05) is 18.2 Å². The van der Waals surface area contributed by atoms with Crippen molar-refractivity contribution in [3.05, 3.63) is 72.1 Å². The minimum atomic E-state index is -0.230. The maximum atomic E-state index is 12.5. The van der Waals surface area contributed by atoms with Crippen LogP contribution in [0.5, 0.6) is 0 Å². The molecule has 1 aromatic carbocycles. The quantitative estimate of drug-likeness (QED) is 0.737. The molecule has 0 spiro atoms.